The third-order valence-electron chi connectivity index (χ3n) is 2.64. The van der Waals surface area contributed by atoms with Crippen molar-refractivity contribution in [2.75, 3.05) is 0 Å². The summed E-state index contributed by atoms with van der Waals surface area (Å²) in [6, 6.07) is 7.78. The molecule has 2 nitrogen and oxygen atoms in total. The van der Waals surface area contributed by atoms with Crippen molar-refractivity contribution < 1.29 is 0 Å². The van der Waals surface area contributed by atoms with Crippen molar-refractivity contribution in [1.29, 1.82) is 0 Å². The van der Waals surface area contributed by atoms with Crippen LogP contribution in [0.3, 0.4) is 0 Å². The summed E-state index contributed by atoms with van der Waals surface area (Å²) in [4.78, 5) is 0. The maximum atomic E-state index is 6.01. The van der Waals surface area contributed by atoms with E-state index >= 15 is 0 Å². The average molecular weight is 314 g/mol. The number of nitrogens with zero attached hydrogens (tertiary/aromatic N) is 2. The molecular formula is C13H14BrClN2. The molecule has 17 heavy (non-hydrogen) atoms. The van der Waals surface area contributed by atoms with Crippen molar-refractivity contribution in [3.05, 3.63) is 46.7 Å². The largest absolute Gasteiger partial charge is 0.237 e. The first-order valence-electron chi connectivity index (χ1n) is 5.64. The topological polar surface area (TPSA) is 17.8 Å². The third kappa shape index (κ3) is 2.72. The maximum Gasteiger partial charge on any atom is 0.0663 e. The van der Waals surface area contributed by atoms with Gasteiger partial charge in [-0.3, -0.25) is 0 Å². The van der Waals surface area contributed by atoms with Gasteiger partial charge in [-0.2, -0.15) is 5.10 Å². The lowest BCUT2D eigenvalue weighted by Gasteiger charge is -2.08. The van der Waals surface area contributed by atoms with E-state index in [1.807, 2.05) is 35.1 Å². The molecule has 0 spiro atoms. The molecule has 1 aromatic carbocycles. The highest BCUT2D eigenvalue weighted by Gasteiger charge is 2.10. The molecule has 0 aliphatic heterocycles. The lowest BCUT2D eigenvalue weighted by molar-refractivity contribution is 0.771. The molecule has 4 heteroatoms. The van der Waals surface area contributed by atoms with Crippen LogP contribution in [0.5, 0.6) is 0 Å². The molecule has 0 atom stereocenters. The number of hydrogen-bond donors (Lipinski definition) is 0. The molecule has 0 amide bonds. The molecule has 1 heterocycles. The van der Waals surface area contributed by atoms with Gasteiger partial charge in [0.25, 0.3) is 0 Å². The summed E-state index contributed by atoms with van der Waals surface area (Å²) in [6.45, 7) is 2.17. The van der Waals surface area contributed by atoms with Crippen LogP contribution in [0.1, 0.15) is 24.6 Å². The molecule has 0 saturated carbocycles. The van der Waals surface area contributed by atoms with Crippen molar-refractivity contribution in [2.45, 2.75) is 25.1 Å². The zero-order valence-electron chi connectivity index (χ0n) is 9.66. The third-order valence-corrected chi connectivity index (χ3v) is 3.48. The van der Waals surface area contributed by atoms with E-state index in [0.29, 0.717) is 0 Å². The molecule has 0 fully saturated rings. The van der Waals surface area contributed by atoms with Crippen molar-refractivity contribution in [3.63, 3.8) is 0 Å². The fourth-order valence-corrected chi connectivity index (χ4v) is 2.51. The molecule has 0 N–H and O–H groups in total. The summed E-state index contributed by atoms with van der Waals surface area (Å²) in [7, 11) is 0. The highest BCUT2D eigenvalue weighted by Crippen LogP contribution is 2.21. The van der Waals surface area contributed by atoms with Gasteiger partial charge < -0.3 is 0 Å². The monoisotopic (exact) mass is 312 g/mol. The Labute approximate surface area is 115 Å². The number of benzene rings is 1. The Balaban J connectivity index is 2.47. The predicted octanol–water partition coefficient (Wildman–Crippen LogP) is 4.37. The number of halogens is 2. The van der Waals surface area contributed by atoms with Gasteiger partial charge in [0.05, 0.1) is 11.9 Å². The minimum absolute atomic E-state index is 0.737. The minimum atomic E-state index is 0.737. The Bertz CT molecular complexity index is 508. The van der Waals surface area contributed by atoms with Crippen molar-refractivity contribution in [3.8, 4) is 5.69 Å². The summed E-state index contributed by atoms with van der Waals surface area (Å²) in [5.41, 5.74) is 3.52. The van der Waals surface area contributed by atoms with E-state index in [0.717, 1.165) is 28.9 Å². The van der Waals surface area contributed by atoms with Gasteiger partial charge in [-0.05, 0) is 24.6 Å². The van der Waals surface area contributed by atoms with Crippen LogP contribution in [-0.4, -0.2) is 9.78 Å². The van der Waals surface area contributed by atoms with Gasteiger partial charge in [-0.1, -0.05) is 46.9 Å². The van der Waals surface area contributed by atoms with E-state index in [1.54, 1.807) is 0 Å². The number of hydrogen-bond acceptors (Lipinski definition) is 1. The highest BCUT2D eigenvalue weighted by atomic mass is 79.9. The lowest BCUT2D eigenvalue weighted by Crippen LogP contribution is -2.03. The van der Waals surface area contributed by atoms with Gasteiger partial charge in [-0.15, -0.1) is 0 Å². The number of rotatable bonds is 4. The SMILES string of the molecule is CCCc1c(CBr)cnn1-c1cccc(Cl)c1. The first kappa shape index (κ1) is 12.7. The zero-order valence-corrected chi connectivity index (χ0v) is 12.0. The molecule has 2 aromatic rings. The van der Waals surface area contributed by atoms with Crippen molar-refractivity contribution in [1.82, 2.24) is 9.78 Å². The second-order valence-corrected chi connectivity index (χ2v) is 4.89. The van der Waals surface area contributed by atoms with E-state index in [4.69, 9.17) is 11.6 Å². The normalized spacial score (nSPS) is 10.8. The molecular weight excluding hydrogens is 300 g/mol. The Kier molecular flexibility index (Phi) is 4.24. The molecule has 1 aromatic heterocycles. The lowest BCUT2D eigenvalue weighted by atomic mass is 10.2. The highest BCUT2D eigenvalue weighted by molar-refractivity contribution is 9.08. The molecule has 0 unspecified atom stereocenters. The Hall–Kier alpha value is -0.800. The second kappa shape index (κ2) is 5.69. The van der Waals surface area contributed by atoms with E-state index in [-0.39, 0.29) is 0 Å². The van der Waals surface area contributed by atoms with Gasteiger partial charge in [0.2, 0.25) is 0 Å². The molecule has 0 bridgehead atoms. The van der Waals surface area contributed by atoms with Crippen LogP contribution in [0.15, 0.2) is 30.5 Å². The maximum absolute atomic E-state index is 6.01. The number of alkyl halides is 1. The van der Waals surface area contributed by atoms with Gasteiger partial charge in [0.1, 0.15) is 0 Å². The van der Waals surface area contributed by atoms with E-state index in [1.165, 1.54) is 11.3 Å². The number of aromatic nitrogens is 2. The summed E-state index contributed by atoms with van der Waals surface area (Å²) < 4.78 is 1.98. The van der Waals surface area contributed by atoms with Crippen LogP contribution >= 0.6 is 27.5 Å². The van der Waals surface area contributed by atoms with Crippen molar-refractivity contribution >= 4 is 27.5 Å². The fraction of sp³-hybridized carbons (Fsp3) is 0.308. The smallest absolute Gasteiger partial charge is 0.0663 e. The van der Waals surface area contributed by atoms with E-state index < -0.39 is 0 Å². The van der Waals surface area contributed by atoms with Gasteiger partial charge in [0.15, 0.2) is 0 Å². The Morgan fingerprint density at radius 2 is 2.24 bits per heavy atom. The van der Waals surface area contributed by atoms with Crippen LogP contribution in [0.4, 0.5) is 0 Å². The molecule has 90 valence electrons. The van der Waals surface area contributed by atoms with Crippen LogP contribution < -0.4 is 0 Å². The molecule has 0 aliphatic rings. The predicted molar refractivity (Wildman–Crippen MR) is 75.2 cm³/mol. The van der Waals surface area contributed by atoms with Gasteiger partial charge >= 0.3 is 0 Å². The van der Waals surface area contributed by atoms with Crippen LogP contribution in [0.2, 0.25) is 5.02 Å². The quantitative estimate of drug-likeness (QED) is 0.766. The summed E-state index contributed by atoms with van der Waals surface area (Å²) >= 11 is 9.51. The van der Waals surface area contributed by atoms with E-state index in [2.05, 4.69) is 28.0 Å². The Morgan fingerprint density at radius 3 is 2.88 bits per heavy atom. The van der Waals surface area contributed by atoms with Gasteiger partial charge in [-0.25, -0.2) is 4.68 Å². The summed E-state index contributed by atoms with van der Waals surface area (Å²) in [5.74, 6) is 0. The first-order valence-corrected chi connectivity index (χ1v) is 7.14. The Morgan fingerprint density at radius 1 is 1.41 bits per heavy atom. The zero-order chi connectivity index (χ0) is 12.3. The first-order chi connectivity index (χ1) is 8.26. The van der Waals surface area contributed by atoms with E-state index in [9.17, 15) is 0 Å². The van der Waals surface area contributed by atoms with Crippen LogP contribution in [-0.2, 0) is 11.8 Å². The van der Waals surface area contributed by atoms with Crippen LogP contribution in [0, 0.1) is 0 Å². The van der Waals surface area contributed by atoms with Crippen molar-refractivity contribution in [2.24, 2.45) is 0 Å². The average Bonchev–Trinajstić information content (AvgIpc) is 2.72. The summed E-state index contributed by atoms with van der Waals surface area (Å²) in [5, 5.41) is 6.02. The van der Waals surface area contributed by atoms with Crippen LogP contribution in [0.25, 0.3) is 5.69 Å². The molecule has 0 saturated heterocycles. The molecule has 0 aliphatic carbocycles. The minimum Gasteiger partial charge on any atom is -0.237 e. The second-order valence-electron chi connectivity index (χ2n) is 3.89. The summed E-state index contributed by atoms with van der Waals surface area (Å²) in [6.07, 6.45) is 4.04. The molecule has 0 radical (unpaired) electrons. The van der Waals surface area contributed by atoms with Gasteiger partial charge in [0, 0.05) is 21.6 Å². The fourth-order valence-electron chi connectivity index (χ4n) is 1.85. The standard InChI is InChI=1S/C13H14BrClN2/c1-2-4-13-10(8-14)9-16-17(13)12-6-3-5-11(15)7-12/h3,5-7,9H,2,4,8H2,1H3. The molecule has 2 rings (SSSR count).